The second kappa shape index (κ2) is 11.0. The molecule has 0 aliphatic rings. The fraction of sp³-hybridized carbons (Fsp3) is 0.0800. The van der Waals surface area contributed by atoms with Gasteiger partial charge in [0.2, 0.25) is 0 Å². The minimum Gasteiger partial charge on any atom is -0.383 e. The molecule has 33 heavy (non-hydrogen) atoms. The summed E-state index contributed by atoms with van der Waals surface area (Å²) in [5.41, 5.74) is 11.2. The molecule has 0 unspecified atom stereocenters. The highest BCUT2D eigenvalue weighted by atomic mass is 35.5. The van der Waals surface area contributed by atoms with Crippen molar-refractivity contribution in [3.05, 3.63) is 89.0 Å². The average molecular weight is 458 g/mol. The van der Waals surface area contributed by atoms with Crippen molar-refractivity contribution in [3.63, 3.8) is 0 Å². The number of halogens is 1. The second-order valence-electron chi connectivity index (χ2n) is 7.05. The van der Waals surface area contributed by atoms with Gasteiger partial charge in [-0.3, -0.25) is 10.4 Å². The number of nitrogens with one attached hydrogen (secondary N) is 2. The van der Waals surface area contributed by atoms with E-state index in [2.05, 4.69) is 15.0 Å². The van der Waals surface area contributed by atoms with Crippen LogP contribution in [-0.4, -0.2) is 32.9 Å². The van der Waals surface area contributed by atoms with Gasteiger partial charge in [-0.15, -0.1) is 0 Å². The van der Waals surface area contributed by atoms with E-state index in [9.17, 15) is 0 Å². The van der Waals surface area contributed by atoms with Crippen molar-refractivity contribution >= 4 is 47.2 Å². The molecule has 2 heterocycles. The number of imidazole rings is 1. The summed E-state index contributed by atoms with van der Waals surface area (Å²) >= 11 is 5.54. The van der Waals surface area contributed by atoms with E-state index in [-0.39, 0.29) is 5.84 Å². The van der Waals surface area contributed by atoms with E-state index in [0.717, 1.165) is 39.5 Å². The number of hydrogen-bond donors (Lipinski definition) is 3. The summed E-state index contributed by atoms with van der Waals surface area (Å²) in [5.74, 6) is 1.00. The van der Waals surface area contributed by atoms with Crippen LogP contribution in [0.15, 0.2) is 71.9 Å². The third kappa shape index (κ3) is 5.78. The van der Waals surface area contributed by atoms with E-state index >= 15 is 0 Å². The number of aromatic nitrogens is 3. The Bertz CT molecular complexity index is 1340. The lowest BCUT2D eigenvalue weighted by Gasteiger charge is -2.08. The fourth-order valence-electron chi connectivity index (χ4n) is 3.27. The number of aliphatic imine (C=N–C) groups is 1. The van der Waals surface area contributed by atoms with Gasteiger partial charge in [0.05, 0.1) is 5.52 Å². The largest absolute Gasteiger partial charge is 0.383 e. The van der Waals surface area contributed by atoms with Crippen molar-refractivity contribution in [2.75, 3.05) is 0 Å². The van der Waals surface area contributed by atoms with Gasteiger partial charge in [0.1, 0.15) is 23.5 Å². The zero-order valence-electron chi connectivity index (χ0n) is 18.3. The normalized spacial score (nSPS) is 11.3. The Morgan fingerprint density at radius 3 is 2.42 bits per heavy atom. The molecule has 4 N–H and O–H groups in total. The van der Waals surface area contributed by atoms with Crippen LogP contribution in [0.3, 0.4) is 0 Å². The Morgan fingerprint density at radius 1 is 1.06 bits per heavy atom. The number of aryl methyl sites for hydroxylation is 2. The van der Waals surface area contributed by atoms with Crippen LogP contribution in [0.25, 0.3) is 28.4 Å². The molecule has 4 rings (SSSR count). The van der Waals surface area contributed by atoms with Gasteiger partial charge >= 0.3 is 0 Å². The predicted molar refractivity (Wildman–Crippen MR) is 138 cm³/mol. The highest BCUT2D eigenvalue weighted by Gasteiger charge is 2.15. The molecule has 166 valence electrons. The van der Waals surface area contributed by atoms with Crippen LogP contribution in [0.5, 0.6) is 0 Å². The molecule has 8 heteroatoms. The van der Waals surface area contributed by atoms with Gasteiger partial charge in [-0.05, 0) is 67.4 Å². The average Bonchev–Trinajstić information content (AvgIpc) is 3.13. The van der Waals surface area contributed by atoms with E-state index < -0.39 is 0 Å². The Kier molecular flexibility index (Phi) is 7.83. The van der Waals surface area contributed by atoms with Gasteiger partial charge in [-0.1, -0.05) is 29.8 Å². The summed E-state index contributed by atoms with van der Waals surface area (Å²) in [6.45, 7) is 3.83. The van der Waals surface area contributed by atoms with Crippen molar-refractivity contribution in [3.8, 4) is 11.1 Å². The smallest absolute Gasteiger partial charge is 0.134 e. The van der Waals surface area contributed by atoms with Crippen molar-refractivity contribution in [1.29, 1.82) is 10.8 Å². The van der Waals surface area contributed by atoms with Gasteiger partial charge in [0.25, 0.3) is 0 Å². The number of pyridine rings is 1. The lowest BCUT2D eigenvalue weighted by Crippen LogP contribution is -2.14. The van der Waals surface area contributed by atoms with Crippen LogP contribution in [0.2, 0.25) is 5.02 Å². The Hall–Kier alpha value is -4.10. The van der Waals surface area contributed by atoms with Crippen LogP contribution < -0.4 is 5.73 Å². The molecule has 0 amide bonds. The Morgan fingerprint density at radius 2 is 1.82 bits per heavy atom. The molecule has 0 radical (unpaired) electrons. The lowest BCUT2D eigenvalue weighted by atomic mass is 10.0. The SMILES string of the molecule is Cc1cc(-c2cc(C(N)=NC=N)c3nc(C)n(/C=C/C=N)c3c2)ccn1.Clc1ccccc1. The van der Waals surface area contributed by atoms with Crippen molar-refractivity contribution < 1.29 is 0 Å². The first-order chi connectivity index (χ1) is 15.9. The summed E-state index contributed by atoms with van der Waals surface area (Å²) in [5, 5.41) is 15.2. The topological polar surface area (TPSA) is 117 Å². The monoisotopic (exact) mass is 457 g/mol. The molecular formula is C25H24ClN7. The van der Waals surface area contributed by atoms with Crippen LogP contribution in [0, 0.1) is 24.7 Å². The molecular weight excluding hydrogens is 434 g/mol. The lowest BCUT2D eigenvalue weighted by molar-refractivity contribution is 1.06. The highest BCUT2D eigenvalue weighted by molar-refractivity contribution is 6.30. The summed E-state index contributed by atoms with van der Waals surface area (Å²) in [6, 6.07) is 17.3. The van der Waals surface area contributed by atoms with E-state index in [1.165, 1.54) is 6.21 Å². The standard InChI is InChI=1S/C19H19N7.C6H5Cl/c1-12-8-14(4-6-23-12)15-9-16(19(22)24-11-21)18-17(10-15)26(7-3-5-20)13(2)25-18;7-6-4-2-1-3-5-6/h3-11,20H,1-2H3,(H3,21,22,24);1-5H/b7-3+,20-5?;. The van der Waals surface area contributed by atoms with Crippen LogP contribution in [-0.2, 0) is 0 Å². The molecule has 4 aromatic rings. The maximum absolute atomic E-state index is 7.23. The fourth-order valence-corrected chi connectivity index (χ4v) is 3.41. The first-order valence-electron chi connectivity index (χ1n) is 10.1. The number of nitrogens with two attached hydrogens (primary N) is 1. The van der Waals surface area contributed by atoms with Crippen molar-refractivity contribution in [2.24, 2.45) is 10.7 Å². The molecule has 0 spiro atoms. The predicted octanol–water partition coefficient (Wildman–Crippen LogP) is 5.49. The molecule has 0 bridgehead atoms. The third-order valence-electron chi connectivity index (χ3n) is 4.75. The van der Waals surface area contributed by atoms with Crippen molar-refractivity contribution in [2.45, 2.75) is 13.8 Å². The maximum Gasteiger partial charge on any atom is 0.134 e. The van der Waals surface area contributed by atoms with Gasteiger partial charge in [-0.2, -0.15) is 0 Å². The summed E-state index contributed by atoms with van der Waals surface area (Å²) in [7, 11) is 0. The zero-order valence-corrected chi connectivity index (χ0v) is 19.1. The summed E-state index contributed by atoms with van der Waals surface area (Å²) in [4.78, 5) is 12.8. The molecule has 0 aliphatic carbocycles. The van der Waals surface area contributed by atoms with E-state index in [1.54, 1.807) is 18.5 Å². The first kappa shape index (κ1) is 23.6. The van der Waals surface area contributed by atoms with Crippen molar-refractivity contribution in [1.82, 2.24) is 14.5 Å². The summed E-state index contributed by atoms with van der Waals surface area (Å²) < 4.78 is 1.90. The second-order valence-corrected chi connectivity index (χ2v) is 7.49. The molecule has 2 aromatic carbocycles. The van der Waals surface area contributed by atoms with Gasteiger partial charge in [0.15, 0.2) is 0 Å². The van der Waals surface area contributed by atoms with Gasteiger partial charge in [0, 0.05) is 34.9 Å². The molecule has 0 atom stereocenters. The van der Waals surface area contributed by atoms with E-state index in [1.807, 2.05) is 73.0 Å². The number of nitrogens with zero attached hydrogens (tertiary/aromatic N) is 4. The van der Waals surface area contributed by atoms with Crippen LogP contribution in [0.4, 0.5) is 0 Å². The number of amidine groups is 1. The zero-order chi connectivity index (χ0) is 23.8. The number of allylic oxidation sites excluding steroid dienone is 1. The molecule has 7 nitrogen and oxygen atoms in total. The molecule has 0 aliphatic heterocycles. The number of rotatable bonds is 5. The summed E-state index contributed by atoms with van der Waals surface area (Å²) in [6.07, 6.45) is 7.32. The third-order valence-corrected chi connectivity index (χ3v) is 5.00. The number of fused-ring (bicyclic) bond motifs is 1. The Labute approximate surface area is 197 Å². The van der Waals surface area contributed by atoms with Gasteiger partial charge < -0.3 is 15.7 Å². The highest BCUT2D eigenvalue weighted by Crippen LogP contribution is 2.29. The molecule has 2 aromatic heterocycles. The molecule has 0 fully saturated rings. The molecule has 0 saturated carbocycles. The number of hydrogen-bond acceptors (Lipinski definition) is 4. The van der Waals surface area contributed by atoms with E-state index in [4.69, 9.17) is 28.2 Å². The number of benzene rings is 2. The first-order valence-corrected chi connectivity index (χ1v) is 10.5. The minimum absolute atomic E-state index is 0.235. The van der Waals surface area contributed by atoms with E-state index in [0.29, 0.717) is 11.1 Å². The minimum atomic E-state index is 0.235. The van der Waals surface area contributed by atoms with Gasteiger partial charge in [-0.25, -0.2) is 9.98 Å². The maximum atomic E-state index is 7.23. The Balaban J connectivity index is 0.000000374. The van der Waals surface area contributed by atoms with Crippen LogP contribution in [0.1, 0.15) is 17.1 Å². The van der Waals surface area contributed by atoms with Crippen LogP contribution >= 0.6 is 11.6 Å². The quantitative estimate of drug-likeness (QED) is 0.271. The molecule has 0 saturated heterocycles.